The van der Waals surface area contributed by atoms with Gasteiger partial charge in [0.25, 0.3) is 0 Å². The number of carbonyl (C=O) groups excluding carboxylic acids is 3. The molecule has 0 aromatic rings. The molecule has 0 amide bonds. The zero-order chi connectivity index (χ0) is 47.2. The lowest BCUT2D eigenvalue weighted by molar-refractivity contribution is -0.167. The highest BCUT2D eigenvalue weighted by atomic mass is 16.6. The van der Waals surface area contributed by atoms with Crippen molar-refractivity contribution in [2.24, 2.45) is 0 Å². The van der Waals surface area contributed by atoms with E-state index in [0.29, 0.717) is 19.3 Å². The summed E-state index contributed by atoms with van der Waals surface area (Å²) in [5.41, 5.74) is 0. The lowest BCUT2D eigenvalue weighted by Gasteiger charge is -2.18. The van der Waals surface area contributed by atoms with E-state index in [-0.39, 0.29) is 31.1 Å². The highest BCUT2D eigenvalue weighted by molar-refractivity contribution is 5.71. The van der Waals surface area contributed by atoms with Crippen LogP contribution in [0.4, 0.5) is 0 Å². The first-order chi connectivity index (χ1) is 32.0. The minimum absolute atomic E-state index is 0.0874. The number of carbonyl (C=O) groups is 3. The van der Waals surface area contributed by atoms with Crippen LogP contribution in [0.5, 0.6) is 0 Å². The number of hydrogen-bond acceptors (Lipinski definition) is 6. The Morgan fingerprint density at radius 2 is 0.600 bits per heavy atom. The van der Waals surface area contributed by atoms with Crippen LogP contribution >= 0.6 is 0 Å². The Morgan fingerprint density at radius 1 is 0.323 bits per heavy atom. The van der Waals surface area contributed by atoms with E-state index in [0.717, 1.165) is 135 Å². The number of unbranched alkanes of at least 4 members (excludes halogenated alkanes) is 23. The van der Waals surface area contributed by atoms with Crippen molar-refractivity contribution in [2.45, 2.75) is 258 Å². The van der Waals surface area contributed by atoms with Crippen LogP contribution in [-0.4, -0.2) is 37.2 Å². The van der Waals surface area contributed by atoms with Gasteiger partial charge in [-0.2, -0.15) is 0 Å². The summed E-state index contributed by atoms with van der Waals surface area (Å²) in [5, 5.41) is 0. The summed E-state index contributed by atoms with van der Waals surface area (Å²) in [5.74, 6) is -0.920. The van der Waals surface area contributed by atoms with Crippen LogP contribution < -0.4 is 0 Å². The predicted octanol–water partition coefficient (Wildman–Crippen LogP) is 18.0. The van der Waals surface area contributed by atoms with E-state index >= 15 is 0 Å². The molecule has 0 saturated heterocycles. The molecule has 0 radical (unpaired) electrons. The molecule has 65 heavy (non-hydrogen) atoms. The third-order valence-electron chi connectivity index (χ3n) is 11.4. The summed E-state index contributed by atoms with van der Waals surface area (Å²) in [6.07, 6.45) is 68.5. The number of rotatable bonds is 48. The summed E-state index contributed by atoms with van der Waals surface area (Å²) in [7, 11) is 0. The van der Waals surface area contributed by atoms with Crippen LogP contribution in [0.15, 0.2) is 85.1 Å². The Bertz CT molecular complexity index is 1270. The number of ether oxygens (including phenoxy) is 3. The SMILES string of the molecule is CC/C=C\C/C=C\C/C=C\C/C=C\C/C=C\CCCCCCCC(=O)OCC(COC(=O)CCCCCCCCCCCCC)OC(=O)CCCCCCC/C=C\C/C=C\CCCCC. The van der Waals surface area contributed by atoms with Gasteiger partial charge in [-0.15, -0.1) is 0 Å². The fourth-order valence-electron chi connectivity index (χ4n) is 7.32. The summed E-state index contributed by atoms with van der Waals surface area (Å²) >= 11 is 0. The maximum Gasteiger partial charge on any atom is 0.306 e. The molecule has 0 spiro atoms. The van der Waals surface area contributed by atoms with Gasteiger partial charge in [-0.1, -0.05) is 221 Å². The molecule has 0 heterocycles. The predicted molar refractivity (Wildman–Crippen MR) is 279 cm³/mol. The summed E-state index contributed by atoms with van der Waals surface area (Å²) < 4.78 is 16.8. The molecular weight excluding hydrogens is 805 g/mol. The molecule has 0 aromatic heterocycles. The second-order valence-corrected chi connectivity index (χ2v) is 17.8. The summed E-state index contributed by atoms with van der Waals surface area (Å²) in [4.78, 5) is 38.0. The first-order valence-electron chi connectivity index (χ1n) is 27.1. The van der Waals surface area contributed by atoms with Gasteiger partial charge in [0.1, 0.15) is 13.2 Å². The Balaban J connectivity index is 4.40. The standard InChI is InChI=1S/C59H100O6/c1-4-7-10-13-16-19-22-24-26-27-28-29-30-31-33-34-37-40-43-46-49-52-58(61)64-55-56(54-63-57(60)51-48-45-42-39-36-21-18-15-12-9-6-3)65-59(62)53-50-47-44-41-38-35-32-25-23-20-17-14-11-8-5-2/h7,10,16-17,19-20,24-26,28-29,31-33,56H,4-6,8-9,11-15,18,21-23,27,30,34-55H2,1-3H3/b10-7-,19-16-,20-17-,26-24-,29-28-,32-25-,33-31-. The molecule has 0 fully saturated rings. The van der Waals surface area contributed by atoms with Crippen LogP contribution in [0, 0.1) is 0 Å². The first-order valence-corrected chi connectivity index (χ1v) is 27.1. The van der Waals surface area contributed by atoms with Gasteiger partial charge in [-0.3, -0.25) is 14.4 Å². The second-order valence-electron chi connectivity index (χ2n) is 17.8. The Kier molecular flexibility index (Phi) is 50.4. The molecule has 6 nitrogen and oxygen atoms in total. The molecule has 0 aliphatic carbocycles. The monoisotopic (exact) mass is 905 g/mol. The Hall–Kier alpha value is -3.41. The van der Waals surface area contributed by atoms with Gasteiger partial charge in [0.05, 0.1) is 0 Å². The van der Waals surface area contributed by atoms with Gasteiger partial charge < -0.3 is 14.2 Å². The van der Waals surface area contributed by atoms with Gasteiger partial charge in [0.15, 0.2) is 6.10 Å². The minimum Gasteiger partial charge on any atom is -0.462 e. The lowest BCUT2D eigenvalue weighted by atomic mass is 10.1. The van der Waals surface area contributed by atoms with E-state index in [2.05, 4.69) is 106 Å². The van der Waals surface area contributed by atoms with Gasteiger partial charge in [0, 0.05) is 19.3 Å². The van der Waals surface area contributed by atoms with Crippen molar-refractivity contribution in [1.29, 1.82) is 0 Å². The van der Waals surface area contributed by atoms with Crippen molar-refractivity contribution in [1.82, 2.24) is 0 Å². The summed E-state index contributed by atoms with van der Waals surface area (Å²) in [6.45, 7) is 6.47. The Labute approximate surface area is 401 Å². The second kappa shape index (κ2) is 53.2. The smallest absolute Gasteiger partial charge is 0.306 e. The number of esters is 3. The van der Waals surface area contributed by atoms with Crippen LogP contribution in [0.1, 0.15) is 252 Å². The fourth-order valence-corrected chi connectivity index (χ4v) is 7.32. The molecule has 6 heteroatoms. The van der Waals surface area contributed by atoms with Crippen LogP contribution in [-0.2, 0) is 28.6 Å². The molecular formula is C59H100O6. The minimum atomic E-state index is -0.790. The molecule has 0 bridgehead atoms. The first kappa shape index (κ1) is 61.6. The van der Waals surface area contributed by atoms with Crippen molar-refractivity contribution < 1.29 is 28.6 Å². The quantitative estimate of drug-likeness (QED) is 0.0262. The van der Waals surface area contributed by atoms with Crippen LogP contribution in [0.25, 0.3) is 0 Å². The third-order valence-corrected chi connectivity index (χ3v) is 11.4. The lowest BCUT2D eigenvalue weighted by Crippen LogP contribution is -2.30. The maximum atomic E-state index is 12.8. The largest absolute Gasteiger partial charge is 0.462 e. The molecule has 372 valence electrons. The molecule has 0 aliphatic heterocycles. The molecule has 0 aliphatic rings. The molecule has 0 rings (SSSR count). The van der Waals surface area contributed by atoms with Crippen molar-refractivity contribution >= 4 is 17.9 Å². The average molecular weight is 905 g/mol. The van der Waals surface area contributed by atoms with Crippen LogP contribution in [0.2, 0.25) is 0 Å². The maximum absolute atomic E-state index is 12.8. The number of hydrogen-bond donors (Lipinski definition) is 0. The zero-order valence-corrected chi connectivity index (χ0v) is 42.5. The van der Waals surface area contributed by atoms with Crippen molar-refractivity contribution in [3.05, 3.63) is 85.1 Å². The summed E-state index contributed by atoms with van der Waals surface area (Å²) in [6, 6.07) is 0. The average Bonchev–Trinajstić information content (AvgIpc) is 3.30. The van der Waals surface area contributed by atoms with Gasteiger partial charge in [-0.25, -0.2) is 0 Å². The molecule has 1 unspecified atom stereocenters. The van der Waals surface area contributed by atoms with E-state index in [4.69, 9.17) is 14.2 Å². The van der Waals surface area contributed by atoms with Gasteiger partial charge >= 0.3 is 17.9 Å². The third kappa shape index (κ3) is 51.4. The molecule has 1 atom stereocenters. The van der Waals surface area contributed by atoms with E-state index in [1.165, 1.54) is 77.0 Å². The van der Waals surface area contributed by atoms with Crippen molar-refractivity contribution in [2.75, 3.05) is 13.2 Å². The van der Waals surface area contributed by atoms with E-state index in [1.807, 2.05) is 0 Å². The Morgan fingerprint density at radius 3 is 0.969 bits per heavy atom. The van der Waals surface area contributed by atoms with E-state index in [1.54, 1.807) is 0 Å². The van der Waals surface area contributed by atoms with Crippen molar-refractivity contribution in [3.8, 4) is 0 Å². The molecule has 0 saturated carbocycles. The highest BCUT2D eigenvalue weighted by Crippen LogP contribution is 2.14. The highest BCUT2D eigenvalue weighted by Gasteiger charge is 2.19. The topological polar surface area (TPSA) is 78.9 Å². The fraction of sp³-hybridized carbons (Fsp3) is 0.712. The van der Waals surface area contributed by atoms with Gasteiger partial charge in [0.2, 0.25) is 0 Å². The number of allylic oxidation sites excluding steroid dienone is 14. The van der Waals surface area contributed by atoms with Gasteiger partial charge in [-0.05, 0) is 96.3 Å². The zero-order valence-electron chi connectivity index (χ0n) is 42.5. The van der Waals surface area contributed by atoms with Crippen LogP contribution in [0.3, 0.4) is 0 Å². The van der Waals surface area contributed by atoms with Crippen molar-refractivity contribution in [3.63, 3.8) is 0 Å². The van der Waals surface area contributed by atoms with E-state index in [9.17, 15) is 14.4 Å². The molecule has 0 aromatic carbocycles. The van der Waals surface area contributed by atoms with E-state index < -0.39 is 6.10 Å². The normalized spacial score (nSPS) is 12.7. The molecule has 0 N–H and O–H groups in total.